The van der Waals surface area contributed by atoms with Crippen molar-refractivity contribution in [2.45, 2.75) is 0 Å². The van der Waals surface area contributed by atoms with Gasteiger partial charge in [-0.25, -0.2) is 9.98 Å². The van der Waals surface area contributed by atoms with Crippen LogP contribution in [0.3, 0.4) is 0 Å². The minimum atomic E-state index is 0.548. The van der Waals surface area contributed by atoms with Gasteiger partial charge in [0.2, 0.25) is 0 Å². The fourth-order valence-electron chi connectivity index (χ4n) is 1.98. The maximum Gasteiger partial charge on any atom is 0.183 e. The largest absolute Gasteiger partial charge is 0.337 e. The number of aromatic amines is 1. The number of rotatable bonds is 2. The first-order chi connectivity index (χ1) is 10.8. The van der Waals surface area contributed by atoms with E-state index in [0.717, 1.165) is 28.2 Å². The fourth-order valence-corrected chi connectivity index (χ4v) is 2.33. The van der Waals surface area contributed by atoms with Crippen molar-refractivity contribution in [3.8, 4) is 17.7 Å². The molecular formula is C15H12N6S. The molecule has 0 unspecified atom stereocenters. The highest BCUT2D eigenvalue weighted by Gasteiger charge is 2.06. The van der Waals surface area contributed by atoms with Gasteiger partial charge in [-0.1, -0.05) is 17.8 Å². The maximum atomic E-state index is 8.67. The van der Waals surface area contributed by atoms with E-state index in [4.69, 9.17) is 5.26 Å². The van der Waals surface area contributed by atoms with Crippen molar-refractivity contribution in [3.05, 3.63) is 42.6 Å². The topological polar surface area (TPSA) is 89.8 Å². The number of fused-ring (bicyclic) bond motifs is 1. The Hall–Kier alpha value is -2.85. The molecule has 0 saturated carbocycles. The molecule has 0 aliphatic heterocycles. The quantitative estimate of drug-likeness (QED) is 0.329. The second kappa shape index (κ2) is 6.28. The molecule has 0 radical (unpaired) electrons. The number of benzene rings is 1. The van der Waals surface area contributed by atoms with E-state index in [2.05, 4.69) is 25.3 Å². The van der Waals surface area contributed by atoms with Crippen LogP contribution < -0.4 is 5.32 Å². The number of hydrogen-bond acceptors (Lipinski definition) is 5. The molecule has 0 atom stereocenters. The third-order valence-electron chi connectivity index (χ3n) is 2.96. The van der Waals surface area contributed by atoms with Crippen LogP contribution in [0.15, 0.2) is 47.6 Å². The molecule has 22 heavy (non-hydrogen) atoms. The predicted molar refractivity (Wildman–Crippen MR) is 88.7 cm³/mol. The van der Waals surface area contributed by atoms with Gasteiger partial charge in [0.15, 0.2) is 17.2 Å². The molecule has 0 aliphatic carbocycles. The predicted octanol–water partition coefficient (Wildman–Crippen LogP) is 3.05. The summed E-state index contributed by atoms with van der Waals surface area (Å²) in [5.74, 6) is 0.719. The van der Waals surface area contributed by atoms with Crippen LogP contribution in [-0.2, 0) is 0 Å². The summed E-state index contributed by atoms with van der Waals surface area (Å²) in [6, 6.07) is 11.3. The summed E-state index contributed by atoms with van der Waals surface area (Å²) in [4.78, 5) is 16.4. The first-order valence-corrected chi connectivity index (χ1v) is 7.71. The number of H-pyrrole nitrogens is 1. The van der Waals surface area contributed by atoms with Crippen LogP contribution in [0.1, 0.15) is 0 Å². The van der Waals surface area contributed by atoms with E-state index in [1.165, 1.54) is 11.8 Å². The van der Waals surface area contributed by atoms with Crippen molar-refractivity contribution in [2.24, 2.45) is 4.99 Å². The van der Waals surface area contributed by atoms with E-state index in [-0.39, 0.29) is 0 Å². The Bertz CT molecular complexity index is 863. The maximum absolute atomic E-state index is 8.67. The van der Waals surface area contributed by atoms with E-state index >= 15 is 0 Å². The van der Waals surface area contributed by atoms with Crippen molar-refractivity contribution >= 4 is 33.7 Å². The lowest BCUT2D eigenvalue weighted by Crippen LogP contribution is -2.12. The van der Waals surface area contributed by atoms with E-state index in [0.29, 0.717) is 5.17 Å². The first kappa shape index (κ1) is 14.1. The van der Waals surface area contributed by atoms with Crippen molar-refractivity contribution in [1.82, 2.24) is 20.3 Å². The Balaban J connectivity index is 1.99. The summed E-state index contributed by atoms with van der Waals surface area (Å²) in [6.07, 6.45) is 5.46. The number of aromatic nitrogens is 3. The summed E-state index contributed by atoms with van der Waals surface area (Å²) in [6.45, 7) is 0. The molecule has 2 heterocycles. The molecule has 0 saturated heterocycles. The lowest BCUT2D eigenvalue weighted by Gasteiger charge is -1.99. The second-order valence-corrected chi connectivity index (χ2v) is 5.15. The second-order valence-electron chi connectivity index (χ2n) is 4.36. The molecule has 0 fully saturated rings. The van der Waals surface area contributed by atoms with Gasteiger partial charge in [0.05, 0.1) is 16.7 Å². The number of nitrogens with zero attached hydrogens (tertiary/aromatic N) is 4. The standard InChI is InChI=1S/C15H12N6S/c1-22-15(18-9-16)19-10-5-6-11-13(8-10)21-14(20-11)12-4-2-3-7-17-12/h2-8H,1H3,(H,18,19)(H,20,21). The Labute approximate surface area is 131 Å². The van der Waals surface area contributed by atoms with Crippen LogP contribution in [0.5, 0.6) is 0 Å². The zero-order valence-electron chi connectivity index (χ0n) is 11.7. The third-order valence-corrected chi connectivity index (χ3v) is 3.54. The van der Waals surface area contributed by atoms with Gasteiger partial charge in [0, 0.05) is 6.20 Å². The van der Waals surface area contributed by atoms with Gasteiger partial charge in [-0.15, -0.1) is 0 Å². The number of aliphatic imine (C=N–C) groups is 1. The van der Waals surface area contributed by atoms with Gasteiger partial charge < -0.3 is 4.98 Å². The van der Waals surface area contributed by atoms with Crippen LogP contribution >= 0.6 is 11.8 Å². The fraction of sp³-hybridized carbons (Fsp3) is 0.0667. The number of imidazole rings is 1. The van der Waals surface area contributed by atoms with Gasteiger partial charge in [-0.2, -0.15) is 5.26 Å². The SMILES string of the molecule is CSC(=Nc1ccc2nc(-c3ccccn3)[nH]c2c1)NC#N. The molecule has 2 aromatic heterocycles. The molecule has 1 aromatic carbocycles. The van der Waals surface area contributed by atoms with E-state index in [1.807, 2.05) is 48.8 Å². The average Bonchev–Trinajstić information content (AvgIpc) is 2.98. The summed E-state index contributed by atoms with van der Waals surface area (Å²) < 4.78 is 0. The van der Waals surface area contributed by atoms with Crippen molar-refractivity contribution in [1.29, 1.82) is 5.26 Å². The molecule has 0 amide bonds. The highest BCUT2D eigenvalue weighted by atomic mass is 32.2. The Morgan fingerprint density at radius 2 is 2.27 bits per heavy atom. The number of hydrogen-bond donors (Lipinski definition) is 2. The summed E-state index contributed by atoms with van der Waals surface area (Å²) >= 11 is 1.38. The number of nitriles is 1. The number of thioether (sulfide) groups is 1. The average molecular weight is 308 g/mol. The molecule has 7 heteroatoms. The monoisotopic (exact) mass is 308 g/mol. The van der Waals surface area contributed by atoms with E-state index in [1.54, 1.807) is 6.20 Å². The zero-order valence-corrected chi connectivity index (χ0v) is 12.6. The highest BCUT2D eigenvalue weighted by molar-refractivity contribution is 8.13. The van der Waals surface area contributed by atoms with Crippen LogP contribution in [-0.4, -0.2) is 26.4 Å². The van der Waals surface area contributed by atoms with Crippen LogP contribution in [0.4, 0.5) is 5.69 Å². The van der Waals surface area contributed by atoms with Crippen molar-refractivity contribution in [2.75, 3.05) is 6.26 Å². The zero-order chi connectivity index (χ0) is 15.4. The highest BCUT2D eigenvalue weighted by Crippen LogP contribution is 2.23. The van der Waals surface area contributed by atoms with Crippen molar-refractivity contribution in [3.63, 3.8) is 0 Å². The molecule has 0 aliphatic rings. The van der Waals surface area contributed by atoms with Gasteiger partial charge in [0.25, 0.3) is 0 Å². The number of nitrogens with one attached hydrogen (secondary N) is 2. The van der Waals surface area contributed by atoms with E-state index < -0.39 is 0 Å². The lowest BCUT2D eigenvalue weighted by atomic mass is 10.3. The minimum Gasteiger partial charge on any atom is -0.337 e. The molecule has 0 bridgehead atoms. The third kappa shape index (κ3) is 2.92. The Kier molecular flexibility index (Phi) is 4.03. The summed E-state index contributed by atoms with van der Waals surface area (Å²) in [7, 11) is 0. The Morgan fingerprint density at radius 1 is 1.36 bits per heavy atom. The lowest BCUT2D eigenvalue weighted by molar-refractivity contribution is 1.24. The van der Waals surface area contributed by atoms with Crippen LogP contribution in [0.2, 0.25) is 0 Å². The molecule has 2 N–H and O–H groups in total. The smallest absolute Gasteiger partial charge is 0.183 e. The summed E-state index contributed by atoms with van der Waals surface area (Å²) in [5, 5.41) is 11.8. The Morgan fingerprint density at radius 3 is 3.00 bits per heavy atom. The minimum absolute atomic E-state index is 0.548. The van der Waals surface area contributed by atoms with Gasteiger partial charge >= 0.3 is 0 Å². The molecule has 108 valence electrons. The normalized spacial score (nSPS) is 11.4. The van der Waals surface area contributed by atoms with Gasteiger partial charge in [0.1, 0.15) is 5.69 Å². The molecule has 6 nitrogen and oxygen atoms in total. The summed E-state index contributed by atoms with van der Waals surface area (Å²) in [5.41, 5.74) is 3.26. The van der Waals surface area contributed by atoms with Crippen molar-refractivity contribution < 1.29 is 0 Å². The van der Waals surface area contributed by atoms with E-state index in [9.17, 15) is 0 Å². The number of amidine groups is 1. The first-order valence-electron chi connectivity index (χ1n) is 6.49. The van der Waals surface area contributed by atoms with Crippen LogP contribution in [0.25, 0.3) is 22.6 Å². The molecular weight excluding hydrogens is 296 g/mol. The van der Waals surface area contributed by atoms with Crippen LogP contribution in [0, 0.1) is 11.5 Å². The molecule has 3 rings (SSSR count). The van der Waals surface area contributed by atoms with Gasteiger partial charge in [-0.3, -0.25) is 10.3 Å². The number of pyridine rings is 1. The van der Waals surface area contributed by atoms with Gasteiger partial charge in [-0.05, 0) is 36.6 Å². The molecule has 0 spiro atoms. The molecule has 3 aromatic rings.